The Morgan fingerprint density at radius 3 is 2.60 bits per heavy atom. The second kappa shape index (κ2) is 11.4. The summed E-state index contributed by atoms with van der Waals surface area (Å²) >= 11 is 1.08. The largest absolute Gasteiger partial charge is 0.507 e. The van der Waals surface area contributed by atoms with E-state index in [-0.39, 0.29) is 16.5 Å². The Morgan fingerprint density at radius 2 is 1.85 bits per heavy atom. The number of hydrogen-bond donors (Lipinski definition) is 1. The molecule has 1 atom stereocenters. The molecule has 0 bridgehead atoms. The average molecular weight is 563 g/mol. The summed E-state index contributed by atoms with van der Waals surface area (Å²) in [6.45, 7) is 2.57. The quantitative estimate of drug-likeness (QED) is 0.111. The first-order chi connectivity index (χ1) is 19.4. The van der Waals surface area contributed by atoms with Crippen LogP contribution in [0.4, 0.5) is 9.52 Å². The van der Waals surface area contributed by atoms with Crippen molar-refractivity contribution in [3.8, 4) is 17.2 Å². The molecule has 1 fully saturated rings. The first-order valence-electron chi connectivity index (χ1n) is 12.7. The maximum Gasteiger partial charge on any atom is 0.301 e. The molecule has 1 aliphatic rings. The molecule has 5 rings (SSSR count). The van der Waals surface area contributed by atoms with Gasteiger partial charge in [0, 0.05) is 5.56 Å². The highest BCUT2D eigenvalue weighted by Gasteiger charge is 2.48. The predicted molar refractivity (Wildman–Crippen MR) is 151 cm³/mol. The molecule has 10 heteroatoms. The number of aliphatic hydroxyl groups excluding tert-OH is 1. The average Bonchev–Trinajstić information content (AvgIpc) is 3.49. The number of anilines is 1. The molecule has 0 radical (unpaired) electrons. The highest BCUT2D eigenvalue weighted by molar-refractivity contribution is 7.22. The van der Waals surface area contributed by atoms with Gasteiger partial charge in [0.1, 0.15) is 17.3 Å². The van der Waals surface area contributed by atoms with Gasteiger partial charge in [0.15, 0.2) is 16.6 Å². The third-order valence-electron chi connectivity index (χ3n) is 6.59. The van der Waals surface area contributed by atoms with Gasteiger partial charge in [0.05, 0.1) is 42.7 Å². The number of halogens is 1. The lowest BCUT2D eigenvalue weighted by Crippen LogP contribution is -2.29. The molecule has 1 unspecified atom stereocenters. The highest BCUT2D eigenvalue weighted by Crippen LogP contribution is 2.46. The Morgan fingerprint density at radius 1 is 1.05 bits per heavy atom. The third-order valence-corrected chi connectivity index (χ3v) is 7.60. The summed E-state index contributed by atoms with van der Waals surface area (Å²) in [4.78, 5) is 32.8. The van der Waals surface area contributed by atoms with Crippen LogP contribution in [0.25, 0.3) is 16.0 Å². The number of fused-ring (bicyclic) bond motifs is 1. The van der Waals surface area contributed by atoms with Crippen LogP contribution in [0.1, 0.15) is 36.9 Å². The van der Waals surface area contributed by atoms with Gasteiger partial charge < -0.3 is 19.3 Å². The van der Waals surface area contributed by atoms with E-state index in [2.05, 4.69) is 11.9 Å². The van der Waals surface area contributed by atoms with Crippen LogP contribution in [0.3, 0.4) is 0 Å². The van der Waals surface area contributed by atoms with Crippen LogP contribution in [0.15, 0.2) is 66.2 Å². The number of carbonyl (C=O) groups is 2. The Kier molecular flexibility index (Phi) is 7.70. The molecule has 1 saturated heterocycles. The van der Waals surface area contributed by atoms with Crippen LogP contribution in [0, 0.1) is 5.82 Å². The number of carbonyl (C=O) groups excluding carboxylic acids is 2. The number of hydrogen-bond acceptors (Lipinski definition) is 8. The normalized spacial score (nSPS) is 16.5. The predicted octanol–water partition coefficient (Wildman–Crippen LogP) is 6.26. The SMILES string of the molecule is CCCCOc1cccc(C(O)=C2C(=O)C(=O)N(c3nc4ccc(F)cc4s3)C2c2ccc(OC)c(OC)c2)c1. The number of benzene rings is 3. The summed E-state index contributed by atoms with van der Waals surface area (Å²) in [5.74, 6) is -1.17. The number of amides is 1. The fourth-order valence-corrected chi connectivity index (χ4v) is 5.60. The zero-order chi connectivity index (χ0) is 28.4. The number of aliphatic hydroxyl groups is 1. The molecule has 1 amide bonds. The summed E-state index contributed by atoms with van der Waals surface area (Å²) in [6, 6.07) is 14.8. The van der Waals surface area contributed by atoms with Crippen LogP contribution in [0.5, 0.6) is 17.2 Å². The van der Waals surface area contributed by atoms with Crippen molar-refractivity contribution < 1.29 is 33.3 Å². The number of Topliss-reactive ketones (excluding diaryl/α,β-unsaturated/α-hetero) is 1. The van der Waals surface area contributed by atoms with Crippen molar-refractivity contribution in [3.63, 3.8) is 0 Å². The molecule has 0 aliphatic carbocycles. The second-order valence-electron chi connectivity index (χ2n) is 9.12. The minimum absolute atomic E-state index is 0.117. The monoisotopic (exact) mass is 562 g/mol. The Labute approximate surface area is 234 Å². The molecule has 8 nitrogen and oxygen atoms in total. The second-order valence-corrected chi connectivity index (χ2v) is 10.1. The van der Waals surface area contributed by atoms with Gasteiger partial charge in [-0.1, -0.05) is 42.9 Å². The van der Waals surface area contributed by atoms with Crippen molar-refractivity contribution in [1.29, 1.82) is 0 Å². The summed E-state index contributed by atoms with van der Waals surface area (Å²) in [7, 11) is 2.98. The number of unbranched alkanes of at least 4 members (excludes halogenated alkanes) is 1. The van der Waals surface area contributed by atoms with Gasteiger partial charge in [-0.15, -0.1) is 0 Å². The number of aromatic nitrogens is 1. The van der Waals surface area contributed by atoms with Crippen LogP contribution in [-0.4, -0.2) is 42.6 Å². The van der Waals surface area contributed by atoms with Crippen molar-refractivity contribution in [2.75, 3.05) is 25.7 Å². The molecule has 1 aromatic heterocycles. The number of methoxy groups -OCH3 is 2. The zero-order valence-electron chi connectivity index (χ0n) is 22.1. The van der Waals surface area contributed by atoms with Crippen LogP contribution >= 0.6 is 11.3 Å². The van der Waals surface area contributed by atoms with Gasteiger partial charge in [0.2, 0.25) is 0 Å². The molecule has 1 aliphatic heterocycles. The smallest absolute Gasteiger partial charge is 0.301 e. The van der Waals surface area contributed by atoms with E-state index in [1.54, 1.807) is 42.5 Å². The van der Waals surface area contributed by atoms with Crippen molar-refractivity contribution in [2.45, 2.75) is 25.8 Å². The first-order valence-corrected chi connectivity index (χ1v) is 13.5. The lowest BCUT2D eigenvalue weighted by atomic mass is 9.95. The Balaban J connectivity index is 1.68. The summed E-state index contributed by atoms with van der Waals surface area (Å²) in [5.41, 5.74) is 1.17. The molecule has 40 heavy (non-hydrogen) atoms. The molecular weight excluding hydrogens is 535 g/mol. The first kappa shape index (κ1) is 27.1. The van der Waals surface area contributed by atoms with E-state index in [9.17, 15) is 19.1 Å². The highest BCUT2D eigenvalue weighted by atomic mass is 32.1. The van der Waals surface area contributed by atoms with E-state index < -0.39 is 23.5 Å². The van der Waals surface area contributed by atoms with Crippen molar-refractivity contribution >= 4 is 44.1 Å². The lowest BCUT2D eigenvalue weighted by Gasteiger charge is -2.23. The summed E-state index contributed by atoms with van der Waals surface area (Å²) in [5, 5.41) is 11.7. The number of thiazole rings is 1. The molecule has 1 N–H and O–H groups in total. The van der Waals surface area contributed by atoms with Gasteiger partial charge in [-0.25, -0.2) is 9.37 Å². The van der Waals surface area contributed by atoms with Gasteiger partial charge >= 0.3 is 5.91 Å². The van der Waals surface area contributed by atoms with Crippen LogP contribution in [-0.2, 0) is 9.59 Å². The maximum absolute atomic E-state index is 13.9. The van der Waals surface area contributed by atoms with E-state index in [1.165, 1.54) is 37.3 Å². The molecule has 3 aromatic carbocycles. The van der Waals surface area contributed by atoms with E-state index in [0.29, 0.717) is 45.2 Å². The van der Waals surface area contributed by atoms with Gasteiger partial charge in [0.25, 0.3) is 5.78 Å². The number of rotatable bonds is 9. The van der Waals surface area contributed by atoms with Gasteiger partial charge in [-0.05, 0) is 54.4 Å². The van der Waals surface area contributed by atoms with Crippen LogP contribution < -0.4 is 19.1 Å². The Bertz CT molecular complexity index is 1630. The van der Waals surface area contributed by atoms with Gasteiger partial charge in [-0.3, -0.25) is 14.5 Å². The molecule has 0 spiro atoms. The van der Waals surface area contributed by atoms with E-state index in [1.807, 2.05) is 0 Å². The minimum Gasteiger partial charge on any atom is -0.507 e. The van der Waals surface area contributed by atoms with Crippen LogP contribution in [0.2, 0.25) is 0 Å². The van der Waals surface area contributed by atoms with E-state index >= 15 is 0 Å². The fraction of sp³-hybridized carbons (Fsp3) is 0.233. The summed E-state index contributed by atoms with van der Waals surface area (Å²) in [6.07, 6.45) is 1.83. The standard InChI is InChI=1S/C30H27FN2O6S/c1-4-5-13-39-20-8-6-7-18(14-20)27(34)25-26(17-9-12-22(37-2)23(15-17)38-3)33(29(36)28(25)35)30-32-21-11-10-19(31)16-24(21)40-30/h6-12,14-16,26,34H,4-5,13H2,1-3H3. The summed E-state index contributed by atoms with van der Waals surface area (Å²) < 4.78 is 31.0. The van der Waals surface area contributed by atoms with Crippen molar-refractivity contribution in [2.24, 2.45) is 0 Å². The van der Waals surface area contributed by atoms with E-state index in [0.717, 1.165) is 24.2 Å². The molecule has 4 aromatic rings. The maximum atomic E-state index is 13.9. The number of ketones is 1. The fourth-order valence-electron chi connectivity index (χ4n) is 4.58. The van der Waals surface area contributed by atoms with Crippen molar-refractivity contribution in [3.05, 3.63) is 83.2 Å². The molecule has 206 valence electrons. The lowest BCUT2D eigenvalue weighted by molar-refractivity contribution is -0.132. The minimum atomic E-state index is -1.05. The topological polar surface area (TPSA) is 98.2 Å². The Hall–Kier alpha value is -4.44. The molecule has 0 saturated carbocycles. The van der Waals surface area contributed by atoms with Crippen molar-refractivity contribution in [1.82, 2.24) is 4.98 Å². The zero-order valence-corrected chi connectivity index (χ0v) is 23.0. The number of nitrogens with zero attached hydrogens (tertiary/aromatic N) is 2. The van der Waals surface area contributed by atoms with E-state index in [4.69, 9.17) is 14.2 Å². The molecule has 2 heterocycles. The van der Waals surface area contributed by atoms with Gasteiger partial charge in [-0.2, -0.15) is 0 Å². The third kappa shape index (κ3) is 4.98. The number of ether oxygens (including phenoxy) is 3. The molecular formula is C30H27FN2O6S.